The van der Waals surface area contributed by atoms with Crippen LogP contribution in [0.4, 0.5) is 0 Å². The molecular formula is C16H17BrN2O4S. The molecule has 1 N–H and O–H groups in total. The molecule has 0 heterocycles. The molecule has 0 aliphatic carbocycles. The number of hydrazone groups is 1. The monoisotopic (exact) mass is 412 g/mol. The highest BCUT2D eigenvalue weighted by atomic mass is 79.9. The molecule has 0 saturated carbocycles. The van der Waals surface area contributed by atoms with Gasteiger partial charge in [-0.15, -0.1) is 0 Å². The van der Waals surface area contributed by atoms with Crippen LogP contribution in [0.1, 0.15) is 12.5 Å². The molecule has 2 aromatic rings. The molecule has 2 rings (SSSR count). The fourth-order valence-corrected chi connectivity index (χ4v) is 3.08. The van der Waals surface area contributed by atoms with Crippen LogP contribution in [-0.4, -0.2) is 28.3 Å². The first-order valence-corrected chi connectivity index (χ1v) is 9.35. The molecule has 0 spiro atoms. The molecule has 0 atom stereocenters. The Hall–Kier alpha value is -2.06. The molecule has 0 amide bonds. The zero-order valence-corrected chi connectivity index (χ0v) is 15.6. The topological polar surface area (TPSA) is 77.0 Å². The molecule has 0 aliphatic rings. The molecule has 0 aliphatic heterocycles. The van der Waals surface area contributed by atoms with Crippen LogP contribution in [0.15, 0.2) is 56.9 Å². The third-order valence-electron chi connectivity index (χ3n) is 3.01. The number of nitrogens with zero attached hydrogens (tertiary/aromatic N) is 1. The molecule has 0 unspecified atom stereocenters. The van der Waals surface area contributed by atoms with Crippen molar-refractivity contribution in [3.05, 3.63) is 52.5 Å². The minimum absolute atomic E-state index is 0.101. The first kappa shape index (κ1) is 18.3. The molecule has 128 valence electrons. The Balaban J connectivity index is 2.13. The van der Waals surface area contributed by atoms with E-state index >= 15 is 0 Å². The molecular weight excluding hydrogens is 396 g/mol. The third-order valence-corrected chi connectivity index (χ3v) is 4.75. The van der Waals surface area contributed by atoms with Crippen molar-refractivity contribution in [2.45, 2.75) is 11.8 Å². The summed E-state index contributed by atoms with van der Waals surface area (Å²) in [6.45, 7) is 2.38. The second kappa shape index (κ2) is 8.16. The molecule has 0 bridgehead atoms. The van der Waals surface area contributed by atoms with Gasteiger partial charge in [0.2, 0.25) is 0 Å². The summed E-state index contributed by atoms with van der Waals surface area (Å²) in [6, 6.07) is 11.5. The number of hydrogen-bond acceptors (Lipinski definition) is 5. The van der Waals surface area contributed by atoms with Gasteiger partial charge in [0.1, 0.15) is 11.5 Å². The maximum Gasteiger partial charge on any atom is 0.276 e. The number of rotatable bonds is 7. The molecule has 6 nitrogen and oxygen atoms in total. The summed E-state index contributed by atoms with van der Waals surface area (Å²) < 4.78 is 35.7. The van der Waals surface area contributed by atoms with E-state index in [0.29, 0.717) is 23.7 Å². The number of methoxy groups -OCH3 is 1. The quantitative estimate of drug-likeness (QED) is 0.559. The lowest BCUT2D eigenvalue weighted by Gasteiger charge is -2.07. The Morgan fingerprint density at radius 2 is 1.92 bits per heavy atom. The highest BCUT2D eigenvalue weighted by Gasteiger charge is 2.12. The van der Waals surface area contributed by atoms with Crippen molar-refractivity contribution < 1.29 is 17.9 Å². The smallest absolute Gasteiger partial charge is 0.276 e. The van der Waals surface area contributed by atoms with E-state index in [1.807, 2.05) is 13.0 Å². The van der Waals surface area contributed by atoms with Gasteiger partial charge in [-0.25, -0.2) is 4.83 Å². The number of ether oxygens (including phenoxy) is 2. The second-order valence-corrected chi connectivity index (χ2v) is 7.22. The van der Waals surface area contributed by atoms with Crippen molar-refractivity contribution in [2.75, 3.05) is 13.7 Å². The summed E-state index contributed by atoms with van der Waals surface area (Å²) in [5, 5.41) is 3.80. The number of hydrogen-bond donors (Lipinski definition) is 1. The van der Waals surface area contributed by atoms with Crippen LogP contribution in [-0.2, 0) is 10.0 Å². The van der Waals surface area contributed by atoms with Gasteiger partial charge in [0.15, 0.2) is 0 Å². The van der Waals surface area contributed by atoms with E-state index in [9.17, 15) is 8.42 Å². The van der Waals surface area contributed by atoms with Crippen molar-refractivity contribution in [1.29, 1.82) is 0 Å². The summed E-state index contributed by atoms with van der Waals surface area (Å²) >= 11 is 3.35. The zero-order valence-electron chi connectivity index (χ0n) is 13.2. The average molecular weight is 413 g/mol. The average Bonchev–Trinajstić information content (AvgIpc) is 2.56. The van der Waals surface area contributed by atoms with Crippen LogP contribution in [0.25, 0.3) is 0 Å². The maximum absolute atomic E-state index is 12.2. The second-order valence-electron chi connectivity index (χ2n) is 4.64. The van der Waals surface area contributed by atoms with E-state index in [1.54, 1.807) is 24.3 Å². The van der Waals surface area contributed by atoms with Crippen molar-refractivity contribution in [2.24, 2.45) is 5.10 Å². The Morgan fingerprint density at radius 1 is 1.21 bits per heavy atom. The molecule has 0 radical (unpaired) electrons. The summed E-state index contributed by atoms with van der Waals surface area (Å²) in [5.41, 5.74) is 0.640. The fourth-order valence-electron chi connectivity index (χ4n) is 1.91. The van der Waals surface area contributed by atoms with E-state index in [1.165, 1.54) is 25.5 Å². The summed E-state index contributed by atoms with van der Waals surface area (Å²) in [4.78, 5) is 2.28. The van der Waals surface area contributed by atoms with Gasteiger partial charge in [0, 0.05) is 10.0 Å². The van der Waals surface area contributed by atoms with Crippen molar-refractivity contribution >= 4 is 32.2 Å². The van der Waals surface area contributed by atoms with Gasteiger partial charge in [0.25, 0.3) is 10.0 Å². The first-order valence-electron chi connectivity index (χ1n) is 7.07. The minimum atomic E-state index is -3.75. The lowest BCUT2D eigenvalue weighted by molar-refractivity contribution is 0.340. The fraction of sp³-hybridized carbons (Fsp3) is 0.188. The van der Waals surface area contributed by atoms with Crippen molar-refractivity contribution in [3.63, 3.8) is 0 Å². The van der Waals surface area contributed by atoms with Gasteiger partial charge >= 0.3 is 0 Å². The van der Waals surface area contributed by atoms with E-state index in [0.717, 1.165) is 4.47 Å². The SMILES string of the molecule is CCOc1ccc(S(=O)(=O)N/N=C\c2cc(Br)ccc2OC)cc1. The number of nitrogens with one attached hydrogen (secondary N) is 1. The highest BCUT2D eigenvalue weighted by Crippen LogP contribution is 2.21. The Morgan fingerprint density at radius 3 is 2.54 bits per heavy atom. The van der Waals surface area contributed by atoms with Gasteiger partial charge in [-0.05, 0) is 49.4 Å². The van der Waals surface area contributed by atoms with Crippen LogP contribution in [0.5, 0.6) is 11.5 Å². The Bertz CT molecular complexity index is 820. The molecule has 24 heavy (non-hydrogen) atoms. The van der Waals surface area contributed by atoms with Crippen molar-refractivity contribution in [1.82, 2.24) is 4.83 Å². The van der Waals surface area contributed by atoms with Gasteiger partial charge in [-0.2, -0.15) is 13.5 Å². The standard InChI is InChI=1S/C16H17BrN2O4S/c1-3-23-14-5-7-15(8-6-14)24(20,21)19-18-11-12-10-13(17)4-9-16(12)22-2/h4-11,19H,3H2,1-2H3/b18-11-. The van der Waals surface area contributed by atoms with Crippen LogP contribution in [0.2, 0.25) is 0 Å². The zero-order chi connectivity index (χ0) is 17.6. The van der Waals surface area contributed by atoms with Gasteiger partial charge < -0.3 is 9.47 Å². The predicted octanol–water partition coefficient (Wildman–Crippen LogP) is 3.17. The van der Waals surface area contributed by atoms with Gasteiger partial charge in [0.05, 0.1) is 24.8 Å². The summed E-state index contributed by atoms with van der Waals surface area (Å²) in [5.74, 6) is 1.20. The molecule has 8 heteroatoms. The Labute approximate surface area is 149 Å². The molecule has 0 saturated heterocycles. The lowest BCUT2D eigenvalue weighted by atomic mass is 10.2. The summed E-state index contributed by atoms with van der Waals surface area (Å²) in [6.07, 6.45) is 1.38. The van der Waals surface area contributed by atoms with E-state index in [-0.39, 0.29) is 4.90 Å². The molecule has 2 aromatic carbocycles. The summed E-state index contributed by atoms with van der Waals surface area (Å²) in [7, 11) is -2.22. The normalized spacial score (nSPS) is 11.5. The first-order chi connectivity index (χ1) is 11.5. The number of benzene rings is 2. The largest absolute Gasteiger partial charge is 0.496 e. The lowest BCUT2D eigenvalue weighted by Crippen LogP contribution is -2.18. The molecule has 0 fully saturated rings. The van der Waals surface area contributed by atoms with Crippen LogP contribution in [0.3, 0.4) is 0 Å². The number of sulfonamides is 1. The van der Waals surface area contributed by atoms with Crippen LogP contribution in [0, 0.1) is 0 Å². The Kier molecular flexibility index (Phi) is 6.22. The van der Waals surface area contributed by atoms with Crippen LogP contribution < -0.4 is 14.3 Å². The van der Waals surface area contributed by atoms with E-state index < -0.39 is 10.0 Å². The maximum atomic E-state index is 12.2. The highest BCUT2D eigenvalue weighted by molar-refractivity contribution is 9.10. The van der Waals surface area contributed by atoms with Gasteiger partial charge in [-0.3, -0.25) is 0 Å². The van der Waals surface area contributed by atoms with Crippen molar-refractivity contribution in [3.8, 4) is 11.5 Å². The van der Waals surface area contributed by atoms with Gasteiger partial charge in [-0.1, -0.05) is 15.9 Å². The molecule has 0 aromatic heterocycles. The predicted molar refractivity (Wildman–Crippen MR) is 96.2 cm³/mol. The van der Waals surface area contributed by atoms with Crippen LogP contribution >= 0.6 is 15.9 Å². The van der Waals surface area contributed by atoms with E-state index in [4.69, 9.17) is 9.47 Å². The van der Waals surface area contributed by atoms with E-state index in [2.05, 4.69) is 25.9 Å². The number of halogens is 1. The minimum Gasteiger partial charge on any atom is -0.496 e. The third kappa shape index (κ3) is 4.72.